The van der Waals surface area contributed by atoms with E-state index in [0.29, 0.717) is 17.8 Å². The number of benzene rings is 1. The number of halogens is 2. The molecule has 1 rings (SSSR count). The summed E-state index contributed by atoms with van der Waals surface area (Å²) in [4.78, 5) is 0. The average molecular weight is 291 g/mol. The lowest BCUT2D eigenvalue weighted by Crippen LogP contribution is -2.32. The second-order valence-corrected chi connectivity index (χ2v) is 5.06. The Balaban J connectivity index is 2.47. The summed E-state index contributed by atoms with van der Waals surface area (Å²) in [5.74, 6) is 1.19. The van der Waals surface area contributed by atoms with Gasteiger partial charge in [-0.3, -0.25) is 0 Å². The summed E-state index contributed by atoms with van der Waals surface area (Å²) >= 11 is 9.35. The van der Waals surface area contributed by atoms with Crippen molar-refractivity contribution in [2.24, 2.45) is 5.92 Å². The normalized spacial score (nSPS) is 14.9. The molecule has 1 N–H and O–H groups in total. The van der Waals surface area contributed by atoms with Gasteiger partial charge in [-0.25, -0.2) is 0 Å². The minimum Gasteiger partial charge on any atom is -0.310 e. The molecular weight excluding hydrogens is 273 g/mol. The highest BCUT2D eigenvalue weighted by molar-refractivity contribution is 9.10. The lowest BCUT2D eigenvalue weighted by Gasteiger charge is -2.19. The van der Waals surface area contributed by atoms with Crippen LogP contribution in [0.15, 0.2) is 28.7 Å². The van der Waals surface area contributed by atoms with Crippen LogP contribution in [-0.2, 0) is 6.54 Å². The van der Waals surface area contributed by atoms with Crippen LogP contribution < -0.4 is 5.32 Å². The van der Waals surface area contributed by atoms with Gasteiger partial charge in [0, 0.05) is 22.9 Å². The molecule has 1 aromatic rings. The Kier molecular flexibility index (Phi) is 5.65. The smallest absolute Gasteiger partial charge is 0.0263 e. The molecule has 0 spiro atoms. The van der Waals surface area contributed by atoms with Gasteiger partial charge in [0.1, 0.15) is 0 Å². The highest BCUT2D eigenvalue weighted by Gasteiger charge is 2.10. The molecule has 0 radical (unpaired) electrons. The summed E-state index contributed by atoms with van der Waals surface area (Å²) in [7, 11) is 0. The van der Waals surface area contributed by atoms with Gasteiger partial charge in [-0.2, -0.15) is 0 Å². The predicted octanol–water partition coefficient (Wildman–Crippen LogP) is 3.80. The first-order valence-corrected chi connectivity index (χ1v) is 6.50. The van der Waals surface area contributed by atoms with E-state index in [2.05, 4.69) is 53.3 Å². The van der Waals surface area contributed by atoms with Crippen molar-refractivity contribution in [1.82, 2.24) is 5.32 Å². The maximum absolute atomic E-state index is 5.81. The van der Waals surface area contributed by atoms with Crippen LogP contribution in [0.3, 0.4) is 0 Å². The van der Waals surface area contributed by atoms with Crippen LogP contribution in [0, 0.1) is 5.92 Å². The topological polar surface area (TPSA) is 12.0 Å². The van der Waals surface area contributed by atoms with Gasteiger partial charge in [0.25, 0.3) is 0 Å². The molecule has 3 heteroatoms. The number of alkyl halides is 1. The van der Waals surface area contributed by atoms with Crippen molar-refractivity contribution in [3.8, 4) is 0 Å². The van der Waals surface area contributed by atoms with Gasteiger partial charge in [0.15, 0.2) is 0 Å². The number of rotatable bonds is 5. The molecule has 0 aliphatic heterocycles. The van der Waals surface area contributed by atoms with Crippen LogP contribution in [0.2, 0.25) is 0 Å². The van der Waals surface area contributed by atoms with Crippen molar-refractivity contribution >= 4 is 27.5 Å². The maximum atomic E-state index is 5.81. The van der Waals surface area contributed by atoms with E-state index in [-0.39, 0.29) is 0 Å². The molecule has 84 valence electrons. The van der Waals surface area contributed by atoms with Gasteiger partial charge in [0.2, 0.25) is 0 Å². The fraction of sp³-hybridized carbons (Fsp3) is 0.500. The molecule has 0 saturated heterocycles. The molecule has 2 atom stereocenters. The largest absolute Gasteiger partial charge is 0.310 e. The Morgan fingerprint density at radius 3 is 2.60 bits per heavy atom. The fourth-order valence-electron chi connectivity index (χ4n) is 1.25. The van der Waals surface area contributed by atoms with Crippen molar-refractivity contribution in [2.75, 3.05) is 5.88 Å². The van der Waals surface area contributed by atoms with E-state index < -0.39 is 0 Å². The first kappa shape index (κ1) is 13.0. The van der Waals surface area contributed by atoms with E-state index in [1.54, 1.807) is 0 Å². The summed E-state index contributed by atoms with van der Waals surface area (Å²) in [6.07, 6.45) is 0. The summed E-state index contributed by atoms with van der Waals surface area (Å²) in [5, 5.41) is 3.48. The van der Waals surface area contributed by atoms with Crippen LogP contribution >= 0.6 is 27.5 Å². The number of hydrogen-bond donors (Lipinski definition) is 1. The molecule has 15 heavy (non-hydrogen) atoms. The van der Waals surface area contributed by atoms with E-state index >= 15 is 0 Å². The molecule has 2 unspecified atom stereocenters. The third-order valence-electron chi connectivity index (χ3n) is 2.67. The van der Waals surface area contributed by atoms with Crippen LogP contribution in [0.1, 0.15) is 19.4 Å². The lowest BCUT2D eigenvalue weighted by molar-refractivity contribution is 0.429. The van der Waals surface area contributed by atoms with Crippen molar-refractivity contribution in [1.29, 1.82) is 0 Å². The SMILES string of the molecule is CC(CCl)C(C)NCc1ccccc1Br. The van der Waals surface area contributed by atoms with Gasteiger partial charge in [-0.1, -0.05) is 41.1 Å². The molecule has 0 amide bonds. The minimum atomic E-state index is 0.439. The standard InChI is InChI=1S/C12H17BrClN/c1-9(7-14)10(2)15-8-11-5-3-4-6-12(11)13/h3-6,9-10,15H,7-8H2,1-2H3. The zero-order valence-corrected chi connectivity index (χ0v) is 11.5. The summed E-state index contributed by atoms with van der Waals surface area (Å²) in [6, 6.07) is 8.70. The Labute approximate surface area is 105 Å². The third kappa shape index (κ3) is 4.13. The van der Waals surface area contributed by atoms with Crippen molar-refractivity contribution in [3.63, 3.8) is 0 Å². The minimum absolute atomic E-state index is 0.439. The predicted molar refractivity (Wildman–Crippen MR) is 70.3 cm³/mol. The van der Waals surface area contributed by atoms with E-state index in [9.17, 15) is 0 Å². The molecule has 0 aliphatic rings. The van der Waals surface area contributed by atoms with Gasteiger partial charge < -0.3 is 5.32 Å². The Morgan fingerprint density at radius 2 is 2.00 bits per heavy atom. The number of hydrogen-bond acceptors (Lipinski definition) is 1. The highest BCUT2D eigenvalue weighted by Crippen LogP contribution is 2.16. The van der Waals surface area contributed by atoms with Crippen molar-refractivity contribution in [2.45, 2.75) is 26.4 Å². The fourth-order valence-corrected chi connectivity index (χ4v) is 1.94. The molecule has 0 aliphatic carbocycles. The average Bonchev–Trinajstić information content (AvgIpc) is 2.26. The Bertz CT molecular complexity index is 303. The second kappa shape index (κ2) is 6.51. The van der Waals surface area contributed by atoms with Gasteiger partial charge in [-0.05, 0) is 24.5 Å². The molecule has 0 bridgehead atoms. The zero-order chi connectivity index (χ0) is 11.3. The monoisotopic (exact) mass is 289 g/mol. The van der Waals surface area contributed by atoms with E-state index in [0.717, 1.165) is 11.0 Å². The lowest BCUT2D eigenvalue weighted by atomic mass is 10.1. The van der Waals surface area contributed by atoms with Gasteiger partial charge >= 0.3 is 0 Å². The van der Waals surface area contributed by atoms with Crippen molar-refractivity contribution < 1.29 is 0 Å². The molecule has 0 fully saturated rings. The molecule has 1 aromatic carbocycles. The summed E-state index contributed by atoms with van der Waals surface area (Å²) in [5.41, 5.74) is 1.28. The number of nitrogens with one attached hydrogen (secondary N) is 1. The van der Waals surface area contributed by atoms with Crippen LogP contribution in [-0.4, -0.2) is 11.9 Å². The summed E-state index contributed by atoms with van der Waals surface area (Å²) in [6.45, 7) is 5.21. The maximum Gasteiger partial charge on any atom is 0.0263 e. The van der Waals surface area contributed by atoms with Crippen LogP contribution in [0.25, 0.3) is 0 Å². The summed E-state index contributed by atoms with van der Waals surface area (Å²) < 4.78 is 1.16. The highest BCUT2D eigenvalue weighted by atomic mass is 79.9. The van der Waals surface area contributed by atoms with Gasteiger partial charge in [0.05, 0.1) is 0 Å². The Hall–Kier alpha value is -0.0500. The van der Waals surface area contributed by atoms with E-state index in [4.69, 9.17) is 11.6 Å². The molecule has 0 aromatic heterocycles. The van der Waals surface area contributed by atoms with Crippen LogP contribution in [0.5, 0.6) is 0 Å². The molecule has 0 saturated carbocycles. The van der Waals surface area contributed by atoms with Gasteiger partial charge in [-0.15, -0.1) is 11.6 Å². The Morgan fingerprint density at radius 1 is 1.33 bits per heavy atom. The quantitative estimate of drug-likeness (QED) is 0.813. The first-order chi connectivity index (χ1) is 7.15. The molecule has 1 nitrogen and oxygen atoms in total. The van der Waals surface area contributed by atoms with Crippen molar-refractivity contribution in [3.05, 3.63) is 34.3 Å². The van der Waals surface area contributed by atoms with Crippen LogP contribution in [0.4, 0.5) is 0 Å². The van der Waals surface area contributed by atoms with E-state index in [1.807, 2.05) is 6.07 Å². The second-order valence-electron chi connectivity index (χ2n) is 3.89. The molecule has 0 heterocycles. The zero-order valence-electron chi connectivity index (χ0n) is 9.13. The first-order valence-electron chi connectivity index (χ1n) is 5.18. The third-order valence-corrected chi connectivity index (χ3v) is 3.93. The van der Waals surface area contributed by atoms with E-state index in [1.165, 1.54) is 5.56 Å². The molecular formula is C12H17BrClN.